The molecule has 0 heterocycles. The van der Waals surface area contributed by atoms with Gasteiger partial charge < -0.3 is 0 Å². The quantitative estimate of drug-likeness (QED) is 0.292. The third-order valence-corrected chi connectivity index (χ3v) is 2.03. The fourth-order valence-electron chi connectivity index (χ4n) is 0.442. The van der Waals surface area contributed by atoms with Gasteiger partial charge in [-0.1, -0.05) is 32.9 Å². The molecule has 0 spiro atoms. The molecular formula is C9H14OS. The summed E-state index contributed by atoms with van der Waals surface area (Å²) in [7, 11) is 0. The van der Waals surface area contributed by atoms with Crippen molar-refractivity contribution in [3.63, 3.8) is 0 Å². The van der Waals surface area contributed by atoms with Gasteiger partial charge in [0.25, 0.3) is 0 Å². The predicted octanol–water partition coefficient (Wildman–Crippen LogP) is 2.60. The number of hydrogen-bond acceptors (Lipinski definition) is 2. The van der Waals surface area contributed by atoms with Crippen LogP contribution in [0, 0.1) is 5.41 Å². The van der Waals surface area contributed by atoms with E-state index in [0.29, 0.717) is 0 Å². The van der Waals surface area contributed by atoms with E-state index >= 15 is 0 Å². The molecule has 0 aliphatic heterocycles. The summed E-state index contributed by atoms with van der Waals surface area (Å²) in [6.07, 6.45) is 5.72. The Kier molecular flexibility index (Phi) is 4.19. The van der Waals surface area contributed by atoms with Gasteiger partial charge in [0.2, 0.25) is 0 Å². The first kappa shape index (κ1) is 10.5. The maximum Gasteiger partial charge on any atom is 0.142 e. The maximum atomic E-state index is 9.90. The molecule has 0 fully saturated rings. The lowest BCUT2D eigenvalue weighted by atomic mass is 9.96. The van der Waals surface area contributed by atoms with Crippen LogP contribution in [-0.2, 0) is 4.79 Å². The van der Waals surface area contributed by atoms with Gasteiger partial charge in [-0.2, -0.15) is 0 Å². The summed E-state index contributed by atoms with van der Waals surface area (Å²) in [4.78, 5) is 10.9. The first-order valence-electron chi connectivity index (χ1n) is 3.50. The molecule has 0 saturated carbocycles. The molecule has 0 rings (SSSR count). The molecule has 0 aromatic heterocycles. The summed E-state index contributed by atoms with van der Waals surface area (Å²) in [5, 5.41) is 0. The molecule has 0 saturated heterocycles. The highest BCUT2D eigenvalue weighted by molar-refractivity contribution is 7.84. The van der Waals surface area contributed by atoms with E-state index in [-0.39, 0.29) is 5.41 Å². The van der Waals surface area contributed by atoms with E-state index in [1.165, 1.54) is 6.08 Å². The van der Waals surface area contributed by atoms with E-state index in [1.54, 1.807) is 6.08 Å². The average Bonchev–Trinajstić information content (AvgIpc) is 1.86. The molecule has 11 heavy (non-hydrogen) atoms. The Bertz CT molecular complexity index is 184. The summed E-state index contributed by atoms with van der Waals surface area (Å²) in [5.41, 5.74) is 0.0658. The highest BCUT2D eigenvalue weighted by atomic mass is 32.1. The minimum absolute atomic E-state index is 0.0658. The fourth-order valence-corrected chi connectivity index (χ4v) is 0.528. The molecule has 0 aliphatic rings. The SMILES string of the molecule is CC(C)(C)/C(S)=C/C=C/C=O. The zero-order valence-electron chi connectivity index (χ0n) is 7.16. The van der Waals surface area contributed by atoms with Gasteiger partial charge in [-0.05, 0) is 16.4 Å². The molecule has 0 radical (unpaired) electrons. The Morgan fingerprint density at radius 1 is 1.27 bits per heavy atom. The normalized spacial score (nSPS) is 14.0. The highest BCUT2D eigenvalue weighted by Gasteiger charge is 2.11. The zero-order chi connectivity index (χ0) is 8.91. The van der Waals surface area contributed by atoms with Gasteiger partial charge in [0.15, 0.2) is 0 Å². The molecular weight excluding hydrogens is 156 g/mol. The fraction of sp³-hybridized carbons (Fsp3) is 0.444. The topological polar surface area (TPSA) is 17.1 Å². The second-order valence-corrected chi connectivity index (χ2v) is 3.80. The molecule has 2 heteroatoms. The molecule has 0 atom stereocenters. The summed E-state index contributed by atoms with van der Waals surface area (Å²) in [5.74, 6) is 0. The van der Waals surface area contributed by atoms with Crippen molar-refractivity contribution in [1.82, 2.24) is 0 Å². The first-order valence-corrected chi connectivity index (χ1v) is 3.95. The Hall–Kier alpha value is -0.500. The van der Waals surface area contributed by atoms with Crippen molar-refractivity contribution in [1.29, 1.82) is 0 Å². The molecule has 0 N–H and O–H groups in total. The number of allylic oxidation sites excluding steroid dienone is 4. The van der Waals surface area contributed by atoms with E-state index in [0.717, 1.165) is 11.2 Å². The Morgan fingerprint density at radius 2 is 1.82 bits per heavy atom. The van der Waals surface area contributed by atoms with Gasteiger partial charge in [0, 0.05) is 0 Å². The van der Waals surface area contributed by atoms with E-state index in [4.69, 9.17) is 0 Å². The van der Waals surface area contributed by atoms with Crippen molar-refractivity contribution in [2.45, 2.75) is 20.8 Å². The summed E-state index contributed by atoms with van der Waals surface area (Å²) < 4.78 is 0. The Labute approximate surface area is 73.6 Å². The molecule has 0 unspecified atom stereocenters. The third-order valence-electron chi connectivity index (χ3n) is 1.21. The number of rotatable bonds is 2. The van der Waals surface area contributed by atoms with Gasteiger partial charge in [-0.15, -0.1) is 12.6 Å². The molecule has 0 bridgehead atoms. The summed E-state index contributed by atoms with van der Waals surface area (Å²) in [6, 6.07) is 0. The standard InChI is InChI=1S/C9H14OS/c1-9(2,3)8(11)6-4-5-7-10/h4-7,11H,1-3H3/b5-4+,8-6-. The van der Waals surface area contributed by atoms with Crippen molar-refractivity contribution in [2.75, 3.05) is 0 Å². The average molecular weight is 170 g/mol. The van der Waals surface area contributed by atoms with Crippen LogP contribution in [0.1, 0.15) is 20.8 Å². The van der Waals surface area contributed by atoms with Gasteiger partial charge in [0.05, 0.1) is 0 Å². The van der Waals surface area contributed by atoms with E-state index < -0.39 is 0 Å². The van der Waals surface area contributed by atoms with Gasteiger partial charge >= 0.3 is 0 Å². The lowest BCUT2D eigenvalue weighted by molar-refractivity contribution is -0.104. The van der Waals surface area contributed by atoms with Crippen LogP contribution in [0.5, 0.6) is 0 Å². The first-order chi connectivity index (χ1) is 4.98. The third kappa shape index (κ3) is 4.85. The Balaban J connectivity index is 4.23. The van der Waals surface area contributed by atoms with Crippen molar-refractivity contribution in [3.05, 3.63) is 23.1 Å². The van der Waals surface area contributed by atoms with Crippen LogP contribution >= 0.6 is 12.6 Å². The molecule has 0 amide bonds. The van der Waals surface area contributed by atoms with Crippen LogP contribution in [0.3, 0.4) is 0 Å². The maximum absolute atomic E-state index is 9.90. The molecule has 0 aromatic rings. The number of aldehydes is 1. The van der Waals surface area contributed by atoms with Crippen molar-refractivity contribution < 1.29 is 4.79 Å². The van der Waals surface area contributed by atoms with Crippen LogP contribution < -0.4 is 0 Å². The van der Waals surface area contributed by atoms with E-state index in [2.05, 4.69) is 33.4 Å². The van der Waals surface area contributed by atoms with Crippen molar-refractivity contribution in [2.24, 2.45) is 5.41 Å². The van der Waals surface area contributed by atoms with Gasteiger partial charge in [-0.25, -0.2) is 0 Å². The van der Waals surface area contributed by atoms with Crippen molar-refractivity contribution >= 4 is 18.9 Å². The largest absolute Gasteiger partial charge is 0.299 e. The second kappa shape index (κ2) is 4.39. The zero-order valence-corrected chi connectivity index (χ0v) is 8.06. The minimum Gasteiger partial charge on any atom is -0.299 e. The van der Waals surface area contributed by atoms with Crippen LogP contribution in [0.2, 0.25) is 0 Å². The van der Waals surface area contributed by atoms with Crippen LogP contribution in [0.15, 0.2) is 23.1 Å². The Morgan fingerprint density at radius 3 is 2.18 bits per heavy atom. The van der Waals surface area contributed by atoms with Crippen LogP contribution in [0.4, 0.5) is 0 Å². The minimum atomic E-state index is 0.0658. The van der Waals surface area contributed by atoms with E-state index in [1.807, 2.05) is 6.08 Å². The number of carbonyl (C=O) groups excluding carboxylic acids is 1. The molecule has 0 aromatic carbocycles. The van der Waals surface area contributed by atoms with Crippen LogP contribution in [-0.4, -0.2) is 6.29 Å². The van der Waals surface area contributed by atoms with Crippen LogP contribution in [0.25, 0.3) is 0 Å². The summed E-state index contributed by atoms with van der Waals surface area (Å²) in [6.45, 7) is 6.21. The highest BCUT2D eigenvalue weighted by Crippen LogP contribution is 2.27. The van der Waals surface area contributed by atoms with E-state index in [9.17, 15) is 4.79 Å². The molecule has 0 aliphatic carbocycles. The monoisotopic (exact) mass is 170 g/mol. The van der Waals surface area contributed by atoms with Crippen molar-refractivity contribution in [3.8, 4) is 0 Å². The molecule has 62 valence electrons. The summed E-state index contributed by atoms with van der Waals surface area (Å²) >= 11 is 4.28. The predicted molar refractivity (Wildman–Crippen MR) is 51.7 cm³/mol. The lowest BCUT2D eigenvalue weighted by Crippen LogP contribution is -2.03. The number of hydrogen-bond donors (Lipinski definition) is 1. The number of carbonyl (C=O) groups is 1. The lowest BCUT2D eigenvalue weighted by Gasteiger charge is -2.17. The smallest absolute Gasteiger partial charge is 0.142 e. The molecule has 1 nitrogen and oxygen atoms in total. The van der Waals surface area contributed by atoms with Gasteiger partial charge in [0.1, 0.15) is 6.29 Å². The number of thiol groups is 1. The second-order valence-electron chi connectivity index (χ2n) is 3.32. The van der Waals surface area contributed by atoms with Gasteiger partial charge in [-0.3, -0.25) is 4.79 Å².